The van der Waals surface area contributed by atoms with E-state index in [1.807, 2.05) is 20.8 Å². The number of rotatable bonds is 9. The Morgan fingerprint density at radius 2 is 1.74 bits per heavy atom. The van der Waals surface area contributed by atoms with E-state index in [2.05, 4.69) is 10.0 Å². The summed E-state index contributed by atoms with van der Waals surface area (Å²) < 4.78 is 28.3. The lowest BCUT2D eigenvalue weighted by Gasteiger charge is -2.35. The lowest BCUT2D eigenvalue weighted by molar-refractivity contribution is -0.140. The Hall–Kier alpha value is -2.46. The normalized spacial score (nSPS) is 17.1. The third-order valence-corrected chi connectivity index (χ3v) is 7.14. The van der Waals surface area contributed by atoms with Crippen LogP contribution in [0.1, 0.15) is 38.7 Å². The molecule has 2 atom stereocenters. The van der Waals surface area contributed by atoms with Gasteiger partial charge in [0, 0.05) is 19.0 Å². The van der Waals surface area contributed by atoms with Crippen LogP contribution in [-0.2, 0) is 24.4 Å². The van der Waals surface area contributed by atoms with Crippen LogP contribution < -0.4 is 10.0 Å². The van der Waals surface area contributed by atoms with Gasteiger partial charge in [-0.2, -0.15) is 4.72 Å². The number of hydrogen-bond acceptors (Lipinski definition) is 5. The van der Waals surface area contributed by atoms with Crippen LogP contribution in [0.3, 0.4) is 0 Å². The van der Waals surface area contributed by atoms with E-state index in [1.165, 1.54) is 12.1 Å². The van der Waals surface area contributed by atoms with Crippen molar-refractivity contribution in [1.82, 2.24) is 14.9 Å². The van der Waals surface area contributed by atoms with Gasteiger partial charge in [-0.1, -0.05) is 38.0 Å². The summed E-state index contributed by atoms with van der Waals surface area (Å²) in [5, 5.41) is 11.0. The molecule has 0 aliphatic carbocycles. The number of carbonyl (C=O) groups excluding carboxylic acids is 2. The molecule has 31 heavy (non-hydrogen) atoms. The number of piperidine rings is 1. The van der Waals surface area contributed by atoms with Gasteiger partial charge in [0.15, 0.2) is 0 Å². The van der Waals surface area contributed by atoms with Crippen LogP contribution in [0.5, 0.6) is 0 Å². The van der Waals surface area contributed by atoms with Crippen molar-refractivity contribution in [2.75, 3.05) is 19.6 Å². The molecule has 3 N–H and O–H groups in total. The quantitative estimate of drug-likeness (QED) is 0.513. The predicted molar refractivity (Wildman–Crippen MR) is 115 cm³/mol. The van der Waals surface area contributed by atoms with Crippen molar-refractivity contribution in [3.8, 4) is 0 Å². The minimum Gasteiger partial charge on any atom is -0.480 e. The summed E-state index contributed by atoms with van der Waals surface area (Å²) in [5.74, 6) is -2.35. The van der Waals surface area contributed by atoms with Crippen LogP contribution in [0, 0.1) is 18.8 Å². The summed E-state index contributed by atoms with van der Waals surface area (Å²) in [4.78, 5) is 37.5. The second kappa shape index (κ2) is 10.7. The van der Waals surface area contributed by atoms with Crippen LogP contribution in [0.2, 0.25) is 0 Å². The summed E-state index contributed by atoms with van der Waals surface area (Å²) in [7, 11) is -3.87. The highest BCUT2D eigenvalue weighted by atomic mass is 32.2. The Labute approximate surface area is 183 Å². The average molecular weight is 454 g/mol. The number of carbonyl (C=O) groups is 3. The van der Waals surface area contributed by atoms with Crippen LogP contribution >= 0.6 is 0 Å². The topological polar surface area (TPSA) is 133 Å². The largest absolute Gasteiger partial charge is 0.480 e. The SMILES string of the molecule is CC[C@H](C)[C@@H](NS(=O)(=O)c1ccc(C)cc1)C(=O)N1CCC(C(=O)NCC(=O)O)CC1. The number of hydrogen-bond donors (Lipinski definition) is 3. The van der Waals surface area contributed by atoms with Crippen LogP contribution in [-0.4, -0.2) is 61.9 Å². The fourth-order valence-corrected chi connectivity index (χ4v) is 4.76. The van der Waals surface area contributed by atoms with Gasteiger partial charge in [0.1, 0.15) is 12.6 Å². The van der Waals surface area contributed by atoms with Gasteiger partial charge in [-0.15, -0.1) is 0 Å². The zero-order valence-electron chi connectivity index (χ0n) is 18.1. The first-order chi connectivity index (χ1) is 14.5. The van der Waals surface area contributed by atoms with E-state index >= 15 is 0 Å². The monoisotopic (exact) mass is 453 g/mol. The molecule has 1 heterocycles. The predicted octanol–water partition coefficient (Wildman–Crippen LogP) is 1.13. The average Bonchev–Trinajstić information content (AvgIpc) is 2.75. The lowest BCUT2D eigenvalue weighted by Crippen LogP contribution is -2.54. The van der Waals surface area contributed by atoms with Gasteiger partial charge < -0.3 is 15.3 Å². The molecule has 0 bridgehead atoms. The van der Waals surface area contributed by atoms with E-state index in [-0.39, 0.29) is 28.5 Å². The maximum absolute atomic E-state index is 13.2. The minimum absolute atomic E-state index is 0.105. The zero-order chi connectivity index (χ0) is 23.2. The van der Waals surface area contributed by atoms with Gasteiger partial charge in [0.05, 0.1) is 4.90 Å². The number of nitrogens with one attached hydrogen (secondary N) is 2. The minimum atomic E-state index is -3.87. The molecule has 1 aliphatic rings. The second-order valence-electron chi connectivity index (χ2n) is 8.01. The molecule has 0 spiro atoms. The molecule has 0 saturated carbocycles. The molecule has 9 nitrogen and oxygen atoms in total. The number of sulfonamides is 1. The van der Waals surface area contributed by atoms with Gasteiger partial charge in [0.25, 0.3) is 0 Å². The third-order valence-electron chi connectivity index (χ3n) is 5.68. The van der Waals surface area contributed by atoms with E-state index < -0.39 is 28.6 Å². The Kier molecular flexibility index (Phi) is 8.58. The Balaban J connectivity index is 2.06. The van der Waals surface area contributed by atoms with Gasteiger partial charge in [-0.25, -0.2) is 8.42 Å². The van der Waals surface area contributed by atoms with Crippen LogP contribution in [0.15, 0.2) is 29.2 Å². The number of carboxylic acids is 1. The van der Waals surface area contributed by atoms with Gasteiger partial charge in [-0.05, 0) is 37.8 Å². The number of amides is 2. The van der Waals surface area contributed by atoms with Gasteiger partial charge in [-0.3, -0.25) is 14.4 Å². The summed E-state index contributed by atoms with van der Waals surface area (Å²) >= 11 is 0. The number of aliphatic carboxylic acids is 1. The molecule has 2 amide bonds. The number of nitrogens with zero attached hydrogens (tertiary/aromatic N) is 1. The van der Waals surface area contributed by atoms with Crippen LogP contribution in [0.25, 0.3) is 0 Å². The Morgan fingerprint density at radius 3 is 2.26 bits per heavy atom. The van der Waals surface area contributed by atoms with Crippen molar-refractivity contribution in [1.29, 1.82) is 0 Å². The summed E-state index contributed by atoms with van der Waals surface area (Å²) in [5.41, 5.74) is 0.934. The molecule has 0 unspecified atom stereocenters. The van der Waals surface area contributed by atoms with Crippen molar-refractivity contribution >= 4 is 27.8 Å². The Bertz CT molecular complexity index is 892. The van der Waals surface area contributed by atoms with E-state index in [4.69, 9.17) is 5.11 Å². The highest BCUT2D eigenvalue weighted by Crippen LogP contribution is 2.21. The molecule has 172 valence electrons. The second-order valence-corrected chi connectivity index (χ2v) is 9.72. The van der Waals surface area contributed by atoms with Crippen molar-refractivity contribution in [3.05, 3.63) is 29.8 Å². The fraction of sp³-hybridized carbons (Fsp3) is 0.571. The summed E-state index contributed by atoms with van der Waals surface area (Å²) in [6.07, 6.45) is 1.41. The summed E-state index contributed by atoms with van der Waals surface area (Å²) in [6, 6.07) is 5.52. The molecule has 0 aromatic heterocycles. The molecule has 2 rings (SSSR count). The first kappa shape index (κ1) is 24.8. The molecule has 1 aromatic carbocycles. The molecule has 10 heteroatoms. The molecular formula is C21H31N3O6S. The molecule has 1 saturated heterocycles. The number of aryl methyl sites for hydroxylation is 1. The highest BCUT2D eigenvalue weighted by Gasteiger charge is 2.35. The lowest BCUT2D eigenvalue weighted by atomic mass is 9.93. The number of likely N-dealkylation sites (tertiary alicyclic amines) is 1. The molecule has 1 aromatic rings. The van der Waals surface area contributed by atoms with E-state index in [0.29, 0.717) is 32.4 Å². The molecule has 1 fully saturated rings. The fourth-order valence-electron chi connectivity index (χ4n) is 3.46. The maximum Gasteiger partial charge on any atom is 0.322 e. The van der Waals surface area contributed by atoms with Crippen LogP contribution in [0.4, 0.5) is 0 Å². The number of carboxylic acid groups (broad SMARTS) is 1. The van der Waals surface area contributed by atoms with Gasteiger partial charge in [0.2, 0.25) is 21.8 Å². The van der Waals surface area contributed by atoms with Crippen molar-refractivity contribution in [2.45, 2.75) is 51.0 Å². The summed E-state index contributed by atoms with van der Waals surface area (Å²) in [6.45, 7) is 5.76. The first-order valence-corrected chi connectivity index (χ1v) is 11.9. The zero-order valence-corrected chi connectivity index (χ0v) is 18.9. The Morgan fingerprint density at radius 1 is 1.16 bits per heavy atom. The smallest absolute Gasteiger partial charge is 0.322 e. The first-order valence-electron chi connectivity index (χ1n) is 10.4. The van der Waals surface area contributed by atoms with Crippen molar-refractivity contribution in [2.24, 2.45) is 11.8 Å². The molecular weight excluding hydrogens is 422 g/mol. The third kappa shape index (κ3) is 6.76. The standard InChI is InChI=1S/C21H31N3O6S/c1-4-15(3)19(23-31(29,30)17-7-5-14(2)6-8-17)21(28)24-11-9-16(10-12-24)20(27)22-13-18(25)26/h5-8,15-16,19,23H,4,9-13H2,1-3H3,(H,22,27)(H,25,26)/t15-,19+/m0/s1. The van der Waals surface area contributed by atoms with Gasteiger partial charge >= 0.3 is 5.97 Å². The molecule has 0 radical (unpaired) electrons. The van der Waals surface area contributed by atoms with Crippen molar-refractivity contribution < 1.29 is 27.9 Å². The number of benzene rings is 1. The van der Waals surface area contributed by atoms with E-state index in [1.54, 1.807) is 17.0 Å². The molecule has 1 aliphatic heterocycles. The highest BCUT2D eigenvalue weighted by molar-refractivity contribution is 7.89. The van der Waals surface area contributed by atoms with Crippen molar-refractivity contribution in [3.63, 3.8) is 0 Å². The van der Waals surface area contributed by atoms with E-state index in [9.17, 15) is 22.8 Å². The van der Waals surface area contributed by atoms with E-state index in [0.717, 1.165) is 5.56 Å². The maximum atomic E-state index is 13.2.